The van der Waals surface area contributed by atoms with Gasteiger partial charge in [0.15, 0.2) is 5.75 Å². The lowest BCUT2D eigenvalue weighted by Gasteiger charge is -2.16. The zero-order valence-corrected chi connectivity index (χ0v) is 24.5. The van der Waals surface area contributed by atoms with Crippen LogP contribution in [-0.2, 0) is 17.6 Å². The summed E-state index contributed by atoms with van der Waals surface area (Å²) in [5, 5.41) is 19.2. The van der Waals surface area contributed by atoms with Gasteiger partial charge in [-0.25, -0.2) is 24.3 Å². The molecule has 3 aromatic carbocycles. The van der Waals surface area contributed by atoms with Gasteiger partial charge in [0.25, 0.3) is 5.56 Å². The Morgan fingerprint density at radius 1 is 1.00 bits per heavy atom. The molecule has 0 radical (unpaired) electrons. The second-order valence-corrected chi connectivity index (χ2v) is 10.3. The van der Waals surface area contributed by atoms with Crippen molar-refractivity contribution in [3.05, 3.63) is 135 Å². The van der Waals surface area contributed by atoms with Gasteiger partial charge in [0.05, 0.1) is 29.7 Å². The maximum absolute atomic E-state index is 14.0. The largest absolute Gasteiger partial charge is 0.478 e. The number of hydrogen-bond acceptors (Lipinski definition) is 7. The van der Waals surface area contributed by atoms with E-state index in [1.165, 1.54) is 17.0 Å². The van der Waals surface area contributed by atoms with Crippen LogP contribution in [0.3, 0.4) is 0 Å². The molecule has 5 rings (SSSR count). The summed E-state index contributed by atoms with van der Waals surface area (Å²) in [5.41, 5.74) is 4.84. The molecular weight excluding hydrogens is 554 g/mol. The van der Waals surface area contributed by atoms with Crippen LogP contribution in [0.4, 0.5) is 0 Å². The number of carbonyl (C=O) groups is 1. The molecule has 9 heteroatoms. The molecule has 2 aromatic heterocycles. The number of nitriles is 1. The molecule has 0 saturated carbocycles. The van der Waals surface area contributed by atoms with E-state index in [4.69, 9.17) is 9.72 Å². The van der Waals surface area contributed by atoms with Gasteiger partial charge in [-0.15, -0.1) is 0 Å². The molecule has 1 unspecified atom stereocenters. The SMILES string of the molecule is CCCCc1nc(C)n(-c2ncc(OC(C(=O)O)c3ccccc3)cn2)c(=O)c1Cc1ccc(-c2ccccc2C#N)cc1. The third kappa shape index (κ3) is 6.55. The van der Waals surface area contributed by atoms with E-state index in [2.05, 4.69) is 23.0 Å². The van der Waals surface area contributed by atoms with Gasteiger partial charge >= 0.3 is 5.97 Å². The number of aromatic nitrogens is 4. The first kappa shape index (κ1) is 29.9. The van der Waals surface area contributed by atoms with E-state index >= 15 is 0 Å². The number of carboxylic acids is 1. The number of ether oxygens (including phenoxy) is 1. The van der Waals surface area contributed by atoms with Gasteiger partial charge in [-0.05, 0) is 42.5 Å². The van der Waals surface area contributed by atoms with Crippen molar-refractivity contribution >= 4 is 5.97 Å². The Bertz CT molecular complexity index is 1860. The number of aryl methyl sites for hydroxylation is 2. The van der Waals surface area contributed by atoms with Crippen LogP contribution < -0.4 is 10.3 Å². The normalized spacial score (nSPS) is 11.5. The third-order valence-corrected chi connectivity index (χ3v) is 7.29. The van der Waals surface area contributed by atoms with Crippen molar-refractivity contribution < 1.29 is 14.6 Å². The second-order valence-electron chi connectivity index (χ2n) is 10.3. The first-order valence-corrected chi connectivity index (χ1v) is 14.4. The van der Waals surface area contributed by atoms with E-state index in [0.29, 0.717) is 35.4 Å². The molecule has 2 heterocycles. The molecule has 1 N–H and O–H groups in total. The fourth-order valence-electron chi connectivity index (χ4n) is 5.03. The number of carboxylic acid groups (broad SMARTS) is 1. The summed E-state index contributed by atoms with van der Waals surface area (Å²) in [7, 11) is 0. The molecule has 5 aromatic rings. The highest BCUT2D eigenvalue weighted by Crippen LogP contribution is 2.25. The maximum atomic E-state index is 14.0. The standard InChI is InChI=1S/C35H31N5O4/c1-3-4-14-31-30(19-24-15-17-25(18-16-24)29-13-9-8-12-27(29)20-36)33(41)40(23(2)39-31)35-37-21-28(22-38-35)44-32(34(42)43)26-10-6-5-7-11-26/h5-13,15-18,21-22,32H,3-4,14,19H2,1-2H3,(H,42,43). The van der Waals surface area contributed by atoms with Gasteiger partial charge in [0.1, 0.15) is 5.82 Å². The quantitative estimate of drug-likeness (QED) is 0.199. The molecule has 0 amide bonds. The molecule has 0 aliphatic rings. The van der Waals surface area contributed by atoms with Crippen molar-refractivity contribution in [3.8, 4) is 28.9 Å². The summed E-state index contributed by atoms with van der Waals surface area (Å²) in [5.74, 6) is -0.423. The predicted molar refractivity (Wildman–Crippen MR) is 166 cm³/mol. The number of nitrogens with zero attached hydrogens (tertiary/aromatic N) is 5. The van der Waals surface area contributed by atoms with Crippen molar-refractivity contribution in [1.29, 1.82) is 5.26 Å². The molecule has 1 atom stereocenters. The van der Waals surface area contributed by atoms with Crippen LogP contribution >= 0.6 is 0 Å². The Balaban J connectivity index is 1.46. The van der Waals surface area contributed by atoms with Crippen LogP contribution in [0.5, 0.6) is 5.75 Å². The van der Waals surface area contributed by atoms with Gasteiger partial charge in [-0.1, -0.05) is 86.1 Å². The molecule has 9 nitrogen and oxygen atoms in total. The number of benzene rings is 3. The topological polar surface area (TPSA) is 131 Å². The third-order valence-electron chi connectivity index (χ3n) is 7.29. The minimum absolute atomic E-state index is 0.116. The zero-order valence-electron chi connectivity index (χ0n) is 24.5. The van der Waals surface area contributed by atoms with Crippen molar-refractivity contribution in [2.45, 2.75) is 45.6 Å². The highest BCUT2D eigenvalue weighted by Gasteiger charge is 2.23. The molecular formula is C35H31N5O4. The molecule has 0 aliphatic carbocycles. The summed E-state index contributed by atoms with van der Waals surface area (Å²) in [6.07, 6.45) is 4.36. The molecule has 0 fully saturated rings. The van der Waals surface area contributed by atoms with Gasteiger partial charge in [0.2, 0.25) is 12.1 Å². The van der Waals surface area contributed by atoms with Crippen molar-refractivity contribution in [2.75, 3.05) is 0 Å². The maximum Gasteiger partial charge on any atom is 0.349 e. The predicted octanol–water partition coefficient (Wildman–Crippen LogP) is 6.01. The van der Waals surface area contributed by atoms with Crippen LogP contribution in [0.25, 0.3) is 17.1 Å². The van der Waals surface area contributed by atoms with Crippen LogP contribution in [-0.4, -0.2) is 30.6 Å². The number of unbranched alkanes of at least 4 members (excludes halogenated alkanes) is 1. The summed E-state index contributed by atoms with van der Waals surface area (Å²) in [4.78, 5) is 39.3. The minimum Gasteiger partial charge on any atom is -0.478 e. The van der Waals surface area contributed by atoms with Gasteiger partial charge < -0.3 is 9.84 Å². The lowest BCUT2D eigenvalue weighted by molar-refractivity contribution is -0.145. The van der Waals surface area contributed by atoms with Gasteiger partial charge in [-0.3, -0.25) is 4.79 Å². The minimum atomic E-state index is -1.24. The van der Waals surface area contributed by atoms with E-state index in [-0.39, 0.29) is 17.3 Å². The number of rotatable bonds is 11. The Morgan fingerprint density at radius 2 is 1.68 bits per heavy atom. The summed E-state index contributed by atoms with van der Waals surface area (Å²) in [6, 6.07) is 26.1. The van der Waals surface area contributed by atoms with Crippen LogP contribution in [0, 0.1) is 18.3 Å². The second kappa shape index (κ2) is 13.6. The van der Waals surface area contributed by atoms with E-state index in [9.17, 15) is 20.0 Å². The van der Waals surface area contributed by atoms with E-state index in [0.717, 1.165) is 35.2 Å². The monoisotopic (exact) mass is 585 g/mol. The van der Waals surface area contributed by atoms with Crippen LogP contribution in [0.15, 0.2) is 96.1 Å². The molecule has 44 heavy (non-hydrogen) atoms. The number of hydrogen-bond donors (Lipinski definition) is 1. The fourth-order valence-corrected chi connectivity index (χ4v) is 5.03. The highest BCUT2D eigenvalue weighted by molar-refractivity contribution is 5.74. The number of aliphatic carboxylic acids is 1. The lowest BCUT2D eigenvalue weighted by Crippen LogP contribution is -2.29. The first-order chi connectivity index (χ1) is 21.4. The summed E-state index contributed by atoms with van der Waals surface area (Å²) in [6.45, 7) is 3.83. The smallest absolute Gasteiger partial charge is 0.349 e. The van der Waals surface area contributed by atoms with E-state index in [1.54, 1.807) is 43.3 Å². The molecule has 0 saturated heterocycles. The lowest BCUT2D eigenvalue weighted by atomic mass is 9.97. The van der Waals surface area contributed by atoms with Crippen molar-refractivity contribution in [1.82, 2.24) is 19.5 Å². The van der Waals surface area contributed by atoms with Gasteiger partial charge in [-0.2, -0.15) is 5.26 Å². The molecule has 0 spiro atoms. The zero-order chi connectivity index (χ0) is 31.1. The van der Waals surface area contributed by atoms with E-state index in [1.807, 2.05) is 42.5 Å². The highest BCUT2D eigenvalue weighted by atomic mass is 16.5. The van der Waals surface area contributed by atoms with Crippen molar-refractivity contribution in [2.24, 2.45) is 0 Å². The Kier molecular flexibility index (Phi) is 9.21. The Labute approximate surface area is 255 Å². The van der Waals surface area contributed by atoms with Crippen LogP contribution in [0.2, 0.25) is 0 Å². The molecule has 0 bridgehead atoms. The summed E-state index contributed by atoms with van der Waals surface area (Å²) >= 11 is 0. The first-order valence-electron chi connectivity index (χ1n) is 14.4. The molecule has 0 aliphatic heterocycles. The Hall–Kier alpha value is -5.62. The average molecular weight is 586 g/mol. The van der Waals surface area contributed by atoms with Gasteiger partial charge in [0, 0.05) is 17.5 Å². The Morgan fingerprint density at radius 3 is 2.34 bits per heavy atom. The fraction of sp³-hybridized carbons (Fsp3) is 0.200. The summed E-state index contributed by atoms with van der Waals surface area (Å²) < 4.78 is 7.06. The average Bonchev–Trinajstić information content (AvgIpc) is 3.05. The van der Waals surface area contributed by atoms with E-state index < -0.39 is 12.1 Å². The molecule has 220 valence electrons. The van der Waals surface area contributed by atoms with Crippen molar-refractivity contribution in [3.63, 3.8) is 0 Å². The van der Waals surface area contributed by atoms with Crippen LogP contribution in [0.1, 0.15) is 59.6 Å².